The molecule has 1 aromatic heterocycles. The topological polar surface area (TPSA) is 194 Å². The summed E-state index contributed by atoms with van der Waals surface area (Å²) in [6, 6.07) is 18.3. The first-order valence-electron chi connectivity index (χ1n) is 11.5. The lowest BCUT2D eigenvalue weighted by Crippen LogP contribution is -2.13. The van der Waals surface area contributed by atoms with E-state index in [1.54, 1.807) is 18.2 Å². The summed E-state index contributed by atoms with van der Waals surface area (Å²) in [6.07, 6.45) is 0. The van der Waals surface area contributed by atoms with Gasteiger partial charge < -0.3 is 16.4 Å². The molecule has 40 heavy (non-hydrogen) atoms. The van der Waals surface area contributed by atoms with Gasteiger partial charge in [-0.15, -0.1) is 5.11 Å². The highest BCUT2D eigenvalue weighted by Crippen LogP contribution is 2.29. The van der Waals surface area contributed by atoms with E-state index in [9.17, 15) is 12.6 Å². The number of rotatable bonds is 11. The van der Waals surface area contributed by atoms with Crippen LogP contribution in [-0.4, -0.2) is 44.5 Å². The Balaban J connectivity index is 1.41. The third kappa shape index (κ3) is 8.24. The molecule has 0 fully saturated rings. The van der Waals surface area contributed by atoms with Crippen LogP contribution in [0, 0.1) is 6.92 Å². The van der Waals surface area contributed by atoms with Gasteiger partial charge in [0, 0.05) is 11.4 Å². The van der Waals surface area contributed by atoms with E-state index >= 15 is 0 Å². The summed E-state index contributed by atoms with van der Waals surface area (Å²) in [5.41, 5.74) is 9.71. The van der Waals surface area contributed by atoms with Gasteiger partial charge in [0.25, 0.3) is 0 Å². The SMILES string of the molecule is Cc1ccc(Nc2nc(Cl)nc(Nc3ccc(N=Nc4ccc(S(=O)(=O)CCOS(=O)O)cc4)c(N)c3)n2)cc1. The first-order chi connectivity index (χ1) is 19.1. The maximum Gasteiger partial charge on any atom is 0.301 e. The van der Waals surface area contributed by atoms with Crippen LogP contribution in [0.4, 0.5) is 40.3 Å². The number of sulfone groups is 1. The predicted octanol–water partition coefficient (Wildman–Crippen LogP) is 5.25. The first kappa shape index (κ1) is 29.0. The van der Waals surface area contributed by atoms with Gasteiger partial charge in [0.2, 0.25) is 17.2 Å². The fraction of sp³-hybridized carbons (Fsp3) is 0.125. The number of nitrogens with one attached hydrogen (secondary N) is 2. The highest BCUT2D eigenvalue weighted by Gasteiger charge is 2.15. The molecule has 13 nitrogen and oxygen atoms in total. The van der Waals surface area contributed by atoms with Crippen LogP contribution in [-0.2, 0) is 25.4 Å². The summed E-state index contributed by atoms with van der Waals surface area (Å²) in [6.45, 7) is 1.58. The second-order valence-electron chi connectivity index (χ2n) is 8.19. The van der Waals surface area contributed by atoms with Crippen LogP contribution in [0.3, 0.4) is 0 Å². The van der Waals surface area contributed by atoms with Crippen molar-refractivity contribution in [3.63, 3.8) is 0 Å². The summed E-state index contributed by atoms with van der Waals surface area (Å²) in [5, 5.41) is 14.3. The number of aryl methyl sites for hydroxylation is 1. The van der Waals surface area contributed by atoms with E-state index in [4.69, 9.17) is 21.9 Å². The van der Waals surface area contributed by atoms with Crippen molar-refractivity contribution in [1.82, 2.24) is 15.0 Å². The van der Waals surface area contributed by atoms with Crippen LogP contribution in [0.5, 0.6) is 0 Å². The van der Waals surface area contributed by atoms with Crippen LogP contribution < -0.4 is 16.4 Å². The summed E-state index contributed by atoms with van der Waals surface area (Å²) in [5.74, 6) is 0.0198. The van der Waals surface area contributed by atoms with E-state index in [1.807, 2.05) is 31.2 Å². The highest BCUT2D eigenvalue weighted by molar-refractivity contribution is 7.91. The Morgan fingerprint density at radius 3 is 2.20 bits per heavy atom. The standard InChI is InChI=1S/C24H23ClN8O5S2/c1-15-2-4-16(5-3-15)27-23-29-22(25)30-24(31-23)28-18-8-11-21(20(26)14-18)33-32-17-6-9-19(10-7-17)40(36,37)13-12-38-39(34)35/h2-11,14H,12-13,26H2,1H3,(H,34,35)(H2,27,28,29,30,31). The minimum absolute atomic E-state index is 0.000698. The zero-order valence-corrected chi connectivity index (χ0v) is 23.2. The monoisotopic (exact) mass is 602 g/mol. The molecule has 16 heteroatoms. The molecule has 4 aromatic rings. The van der Waals surface area contributed by atoms with Crippen LogP contribution in [0.15, 0.2) is 81.9 Å². The van der Waals surface area contributed by atoms with Gasteiger partial charge in [0.15, 0.2) is 9.84 Å². The number of halogens is 1. The molecule has 0 saturated heterocycles. The fourth-order valence-electron chi connectivity index (χ4n) is 3.24. The smallest absolute Gasteiger partial charge is 0.301 e. The number of anilines is 5. The molecule has 0 bridgehead atoms. The normalized spacial score (nSPS) is 12.4. The number of benzene rings is 3. The van der Waals surface area contributed by atoms with Gasteiger partial charge in [-0.2, -0.15) is 24.3 Å². The third-order valence-electron chi connectivity index (χ3n) is 5.20. The molecule has 208 valence electrons. The molecular formula is C24H23ClN8O5S2. The van der Waals surface area contributed by atoms with Gasteiger partial charge in [0.05, 0.1) is 28.6 Å². The van der Waals surface area contributed by atoms with Gasteiger partial charge >= 0.3 is 11.4 Å². The molecule has 0 aliphatic carbocycles. The zero-order valence-electron chi connectivity index (χ0n) is 20.9. The maximum atomic E-state index is 12.3. The molecule has 1 heterocycles. The number of nitrogens with zero attached hydrogens (tertiary/aromatic N) is 5. The molecule has 0 saturated carbocycles. The number of hydrogen-bond acceptors (Lipinski definition) is 12. The molecule has 0 amide bonds. The molecule has 3 aromatic carbocycles. The average molecular weight is 603 g/mol. The zero-order chi connectivity index (χ0) is 28.7. The molecule has 0 radical (unpaired) electrons. The van der Waals surface area contributed by atoms with Crippen molar-refractivity contribution < 1.29 is 21.4 Å². The van der Waals surface area contributed by atoms with Crippen LogP contribution in [0.1, 0.15) is 5.56 Å². The second kappa shape index (κ2) is 12.9. The molecule has 0 aliphatic rings. The average Bonchev–Trinajstić information content (AvgIpc) is 2.89. The van der Waals surface area contributed by atoms with E-state index in [0.29, 0.717) is 22.7 Å². The van der Waals surface area contributed by atoms with Gasteiger partial charge in [-0.05, 0) is 73.1 Å². The molecule has 1 unspecified atom stereocenters. The first-order valence-corrected chi connectivity index (χ1v) is 14.5. The highest BCUT2D eigenvalue weighted by atomic mass is 35.5. The van der Waals surface area contributed by atoms with Crippen molar-refractivity contribution in [1.29, 1.82) is 0 Å². The van der Waals surface area contributed by atoms with Crippen LogP contribution in [0.2, 0.25) is 5.28 Å². The van der Waals surface area contributed by atoms with Gasteiger partial charge in [0.1, 0.15) is 5.69 Å². The Morgan fingerprint density at radius 1 is 0.950 bits per heavy atom. The van der Waals surface area contributed by atoms with Gasteiger partial charge in [-0.25, -0.2) is 8.42 Å². The minimum Gasteiger partial charge on any atom is -0.397 e. The summed E-state index contributed by atoms with van der Waals surface area (Å²) in [7, 11) is -3.70. The lowest BCUT2D eigenvalue weighted by atomic mass is 10.2. The number of nitrogen functional groups attached to an aromatic ring is 1. The Kier molecular flexibility index (Phi) is 9.34. The van der Waals surface area contributed by atoms with E-state index in [0.717, 1.165) is 11.3 Å². The van der Waals surface area contributed by atoms with E-state index in [2.05, 4.69) is 40.0 Å². The van der Waals surface area contributed by atoms with Crippen molar-refractivity contribution >= 4 is 73.1 Å². The molecule has 0 spiro atoms. The predicted molar refractivity (Wildman–Crippen MR) is 153 cm³/mol. The summed E-state index contributed by atoms with van der Waals surface area (Å²) < 4.78 is 48.0. The Morgan fingerprint density at radius 2 is 1.57 bits per heavy atom. The molecule has 5 N–H and O–H groups in total. The van der Waals surface area contributed by atoms with Crippen molar-refractivity contribution in [2.45, 2.75) is 11.8 Å². The molecule has 0 aliphatic heterocycles. The third-order valence-corrected chi connectivity index (χ3v) is 7.44. The number of hydrogen-bond donors (Lipinski definition) is 4. The lowest BCUT2D eigenvalue weighted by molar-refractivity contribution is 0.326. The second-order valence-corrected chi connectivity index (χ2v) is 11.3. The van der Waals surface area contributed by atoms with Crippen LogP contribution >= 0.6 is 11.6 Å². The number of aromatic nitrogens is 3. The largest absolute Gasteiger partial charge is 0.397 e. The molecular weight excluding hydrogens is 580 g/mol. The molecule has 4 rings (SSSR count). The van der Waals surface area contributed by atoms with Crippen molar-refractivity contribution in [3.8, 4) is 0 Å². The summed E-state index contributed by atoms with van der Waals surface area (Å²) in [4.78, 5) is 12.5. The van der Waals surface area contributed by atoms with Gasteiger partial charge in [-0.3, -0.25) is 8.74 Å². The quantitative estimate of drug-likeness (QED) is 0.0994. The molecule has 1 atom stereocenters. The Hall–Kier alpha value is -4.02. The number of nitrogens with two attached hydrogens (primary N) is 1. The summed E-state index contributed by atoms with van der Waals surface area (Å²) >= 11 is 3.55. The van der Waals surface area contributed by atoms with Crippen molar-refractivity contribution in [2.75, 3.05) is 28.7 Å². The van der Waals surface area contributed by atoms with Gasteiger partial charge in [-0.1, -0.05) is 17.7 Å². The maximum absolute atomic E-state index is 12.3. The van der Waals surface area contributed by atoms with Crippen molar-refractivity contribution in [3.05, 3.63) is 77.6 Å². The van der Waals surface area contributed by atoms with Crippen molar-refractivity contribution in [2.24, 2.45) is 10.2 Å². The number of azo groups is 1. The van der Waals surface area contributed by atoms with E-state index < -0.39 is 33.6 Å². The minimum atomic E-state index is -3.70. The van der Waals surface area contributed by atoms with E-state index in [-0.39, 0.29) is 22.1 Å². The lowest BCUT2D eigenvalue weighted by Gasteiger charge is -2.09. The fourth-order valence-corrected chi connectivity index (χ4v) is 4.83. The van der Waals surface area contributed by atoms with E-state index in [1.165, 1.54) is 24.3 Å². The Bertz CT molecular complexity index is 1650. The van der Waals surface area contributed by atoms with Crippen LogP contribution in [0.25, 0.3) is 0 Å². The Labute approximate surface area is 237 Å².